The van der Waals surface area contributed by atoms with Gasteiger partial charge in [0.05, 0.1) is 12.2 Å². The first-order valence-corrected chi connectivity index (χ1v) is 14.2. The molecule has 198 valence electrons. The van der Waals surface area contributed by atoms with Gasteiger partial charge in [0.15, 0.2) is 0 Å². The van der Waals surface area contributed by atoms with Gasteiger partial charge in [0.25, 0.3) is 0 Å². The standard InChI is InChI=1S/C31H50O4/c1-18(2)19(3)25(34)26(35)20(16-32)21-10-12-29(7)23-9-8-22-27(4,5)24(33)11-13-30(22)17-31(23,30)15-14-28(21,29)6/h20-26,32-35H,1,3,8-17H2,2,4-7H3/t20?,21-,22?,23?,24+,25?,26?,28-,29+,30-,31+/m1/s1. The Hall–Kier alpha value is -0.680. The van der Waals surface area contributed by atoms with E-state index in [-0.39, 0.29) is 40.8 Å². The third kappa shape index (κ3) is 3.06. The number of hydrogen-bond acceptors (Lipinski definition) is 4. The van der Waals surface area contributed by atoms with E-state index < -0.39 is 12.2 Å². The molecule has 0 radical (unpaired) electrons. The molecule has 0 bridgehead atoms. The van der Waals surface area contributed by atoms with E-state index in [1.165, 1.54) is 32.1 Å². The Morgan fingerprint density at radius 1 is 0.857 bits per heavy atom. The molecule has 5 rings (SSSR count). The fraction of sp³-hybridized carbons (Fsp3) is 0.871. The van der Waals surface area contributed by atoms with E-state index in [1.807, 2.05) is 0 Å². The molecule has 0 aliphatic heterocycles. The van der Waals surface area contributed by atoms with Crippen LogP contribution in [0.5, 0.6) is 0 Å². The SMILES string of the molecule is C=C(C)C(=C)C(O)C(O)C(CO)[C@H]1CC[C@@]2(C)C3CCC4C(C)(C)[C@@H](O)CC[C@@]45C[C@@]35CC[C@]12C. The maximum absolute atomic E-state index is 11.2. The Labute approximate surface area is 212 Å². The summed E-state index contributed by atoms with van der Waals surface area (Å²) in [4.78, 5) is 0. The molecule has 0 aromatic carbocycles. The molecule has 4 N–H and O–H groups in total. The highest BCUT2D eigenvalue weighted by molar-refractivity contribution is 5.31. The summed E-state index contributed by atoms with van der Waals surface area (Å²) in [5, 5.41) is 43.4. The van der Waals surface area contributed by atoms with Gasteiger partial charge in [0.2, 0.25) is 0 Å². The van der Waals surface area contributed by atoms with Crippen LogP contribution in [0.1, 0.15) is 92.4 Å². The minimum Gasteiger partial charge on any atom is -0.396 e. The molecule has 4 nitrogen and oxygen atoms in total. The van der Waals surface area contributed by atoms with E-state index in [0.29, 0.717) is 33.8 Å². The number of fused-ring (bicyclic) bond motifs is 2. The van der Waals surface area contributed by atoms with Crippen LogP contribution in [0.2, 0.25) is 0 Å². The first-order chi connectivity index (χ1) is 16.2. The van der Waals surface area contributed by atoms with Crippen LogP contribution >= 0.6 is 0 Å². The molecular weight excluding hydrogens is 436 g/mol. The maximum Gasteiger partial charge on any atom is 0.105 e. The number of rotatable bonds is 6. The van der Waals surface area contributed by atoms with Crippen molar-refractivity contribution in [2.75, 3.05) is 6.61 Å². The molecule has 0 aromatic heterocycles. The quantitative estimate of drug-likeness (QED) is 0.387. The molecule has 0 heterocycles. The van der Waals surface area contributed by atoms with Crippen molar-refractivity contribution in [1.29, 1.82) is 0 Å². The molecular formula is C31H50O4. The van der Waals surface area contributed by atoms with Crippen LogP contribution in [0.4, 0.5) is 0 Å². The minimum atomic E-state index is -1.09. The predicted molar refractivity (Wildman–Crippen MR) is 139 cm³/mol. The largest absolute Gasteiger partial charge is 0.396 e. The lowest BCUT2D eigenvalue weighted by Crippen LogP contribution is -2.58. The van der Waals surface area contributed by atoms with E-state index in [4.69, 9.17) is 0 Å². The molecule has 5 aliphatic rings. The summed E-state index contributed by atoms with van der Waals surface area (Å²) in [6, 6.07) is 0. The van der Waals surface area contributed by atoms with E-state index in [1.54, 1.807) is 6.92 Å². The van der Waals surface area contributed by atoms with Crippen LogP contribution in [0.3, 0.4) is 0 Å². The lowest BCUT2D eigenvalue weighted by Gasteiger charge is -2.63. The lowest BCUT2D eigenvalue weighted by atomic mass is 9.41. The Morgan fingerprint density at radius 2 is 1.49 bits per heavy atom. The van der Waals surface area contributed by atoms with Gasteiger partial charge >= 0.3 is 0 Å². The fourth-order valence-electron chi connectivity index (χ4n) is 11.2. The predicted octanol–water partition coefficient (Wildman–Crippen LogP) is 5.25. The third-order valence-electron chi connectivity index (χ3n) is 13.5. The fourth-order valence-corrected chi connectivity index (χ4v) is 11.2. The van der Waals surface area contributed by atoms with E-state index in [2.05, 4.69) is 40.9 Å². The zero-order valence-corrected chi connectivity index (χ0v) is 22.8. The zero-order chi connectivity index (χ0) is 25.8. The molecule has 35 heavy (non-hydrogen) atoms. The molecule has 4 heteroatoms. The molecule has 0 amide bonds. The second-order valence-electron chi connectivity index (χ2n) is 14.6. The average molecular weight is 487 g/mol. The van der Waals surface area contributed by atoms with E-state index >= 15 is 0 Å². The van der Waals surface area contributed by atoms with Crippen molar-refractivity contribution in [3.63, 3.8) is 0 Å². The van der Waals surface area contributed by atoms with Gasteiger partial charge < -0.3 is 20.4 Å². The van der Waals surface area contributed by atoms with Crippen LogP contribution in [-0.2, 0) is 0 Å². The van der Waals surface area contributed by atoms with Gasteiger partial charge in [0.1, 0.15) is 6.10 Å². The van der Waals surface area contributed by atoms with Crippen molar-refractivity contribution >= 4 is 0 Å². The summed E-state index contributed by atoms with van der Waals surface area (Å²) in [5.74, 6) is 1.10. The lowest BCUT2D eigenvalue weighted by molar-refractivity contribution is -0.168. The third-order valence-corrected chi connectivity index (χ3v) is 13.5. The van der Waals surface area contributed by atoms with Crippen LogP contribution < -0.4 is 0 Å². The molecule has 5 saturated carbocycles. The van der Waals surface area contributed by atoms with Gasteiger partial charge in [-0.1, -0.05) is 46.4 Å². The summed E-state index contributed by atoms with van der Waals surface area (Å²) >= 11 is 0. The Balaban J connectivity index is 1.44. The van der Waals surface area contributed by atoms with Crippen LogP contribution in [0, 0.1) is 50.7 Å². The number of aliphatic hydroxyl groups is 4. The normalized spacial score (nSPS) is 50.1. The molecule has 2 spiro atoms. The van der Waals surface area contributed by atoms with E-state index in [9.17, 15) is 20.4 Å². The van der Waals surface area contributed by atoms with Crippen molar-refractivity contribution in [2.45, 2.75) is 111 Å². The van der Waals surface area contributed by atoms with Gasteiger partial charge in [-0.25, -0.2) is 0 Å². The summed E-state index contributed by atoms with van der Waals surface area (Å²) in [7, 11) is 0. The Bertz CT molecular complexity index is 910. The molecule has 5 fully saturated rings. The Morgan fingerprint density at radius 3 is 2.11 bits per heavy atom. The monoisotopic (exact) mass is 486 g/mol. The summed E-state index contributed by atoms with van der Waals surface area (Å²) in [5.41, 5.74) is 2.16. The first kappa shape index (κ1) is 25.9. The second-order valence-corrected chi connectivity index (χ2v) is 14.6. The summed E-state index contributed by atoms with van der Waals surface area (Å²) in [6.07, 6.45) is 8.11. The van der Waals surface area contributed by atoms with Crippen molar-refractivity contribution in [2.24, 2.45) is 50.7 Å². The van der Waals surface area contributed by atoms with Gasteiger partial charge in [-0.2, -0.15) is 0 Å². The molecule has 0 saturated heterocycles. The highest BCUT2D eigenvalue weighted by Crippen LogP contribution is 2.89. The summed E-state index contributed by atoms with van der Waals surface area (Å²) < 4.78 is 0. The minimum absolute atomic E-state index is 0.000493. The Kier molecular flexibility index (Phi) is 5.87. The summed E-state index contributed by atoms with van der Waals surface area (Å²) in [6.45, 7) is 19.1. The highest BCUT2D eigenvalue weighted by Gasteiger charge is 2.82. The number of aliphatic hydroxyl groups excluding tert-OH is 4. The van der Waals surface area contributed by atoms with Crippen molar-refractivity contribution < 1.29 is 20.4 Å². The highest BCUT2D eigenvalue weighted by atomic mass is 16.3. The zero-order valence-electron chi connectivity index (χ0n) is 22.8. The smallest absolute Gasteiger partial charge is 0.105 e. The van der Waals surface area contributed by atoms with Gasteiger partial charge in [-0.05, 0) is 115 Å². The number of hydrogen-bond donors (Lipinski definition) is 4. The van der Waals surface area contributed by atoms with Crippen molar-refractivity contribution in [3.8, 4) is 0 Å². The molecule has 5 unspecified atom stereocenters. The topological polar surface area (TPSA) is 80.9 Å². The first-order valence-electron chi connectivity index (χ1n) is 14.2. The average Bonchev–Trinajstić information content (AvgIpc) is 3.40. The van der Waals surface area contributed by atoms with Crippen LogP contribution in [0.25, 0.3) is 0 Å². The molecule has 5 aliphatic carbocycles. The van der Waals surface area contributed by atoms with Crippen molar-refractivity contribution in [1.82, 2.24) is 0 Å². The van der Waals surface area contributed by atoms with Gasteiger partial charge in [0, 0.05) is 12.5 Å². The van der Waals surface area contributed by atoms with E-state index in [0.717, 1.165) is 25.7 Å². The van der Waals surface area contributed by atoms with Gasteiger partial charge in [-0.15, -0.1) is 0 Å². The maximum atomic E-state index is 11.2. The van der Waals surface area contributed by atoms with Crippen LogP contribution in [-0.4, -0.2) is 45.3 Å². The second kappa shape index (κ2) is 7.91. The van der Waals surface area contributed by atoms with Crippen molar-refractivity contribution in [3.05, 3.63) is 24.3 Å². The molecule has 0 aromatic rings. The molecule has 11 atom stereocenters. The van der Waals surface area contributed by atoms with Crippen LogP contribution in [0.15, 0.2) is 24.3 Å². The van der Waals surface area contributed by atoms with Gasteiger partial charge in [-0.3, -0.25) is 0 Å².